The monoisotopic (exact) mass is 444 g/mol. The Morgan fingerprint density at radius 2 is 1.53 bits per heavy atom. The Kier molecular flexibility index (Phi) is 5.70. The van der Waals surface area contributed by atoms with Gasteiger partial charge in [-0.05, 0) is 25.0 Å². The van der Waals surface area contributed by atoms with E-state index >= 15 is 0 Å². The van der Waals surface area contributed by atoms with Gasteiger partial charge in [0, 0.05) is 16.0 Å². The van der Waals surface area contributed by atoms with E-state index in [1.807, 2.05) is 67.6 Å². The van der Waals surface area contributed by atoms with Gasteiger partial charge in [-0.25, -0.2) is 5.10 Å². The molecule has 7 nitrogen and oxygen atoms in total. The number of nitrogens with two attached hydrogens (primary N) is 1. The molecule has 32 heavy (non-hydrogen) atoms. The van der Waals surface area contributed by atoms with Gasteiger partial charge in [-0.2, -0.15) is 5.10 Å². The molecular formula is C24H20N4O3S. The van der Waals surface area contributed by atoms with Gasteiger partial charge in [-0.3, -0.25) is 14.4 Å². The van der Waals surface area contributed by atoms with Crippen molar-refractivity contribution >= 4 is 28.2 Å². The van der Waals surface area contributed by atoms with Crippen molar-refractivity contribution in [2.75, 3.05) is 5.32 Å². The Hall–Kier alpha value is -4.04. The van der Waals surface area contributed by atoms with Crippen LogP contribution in [0.15, 0.2) is 65.5 Å². The molecule has 0 aliphatic heterocycles. The van der Waals surface area contributed by atoms with Crippen molar-refractivity contribution in [1.29, 1.82) is 0 Å². The van der Waals surface area contributed by atoms with Crippen LogP contribution in [0.2, 0.25) is 0 Å². The minimum absolute atomic E-state index is 0.0934. The molecule has 2 aromatic heterocycles. The molecule has 0 atom stereocenters. The average Bonchev–Trinajstić information content (AvgIpc) is 3.07. The Balaban J connectivity index is 1.92. The molecule has 0 saturated heterocycles. The molecule has 4 aromatic rings. The Morgan fingerprint density at radius 3 is 2.12 bits per heavy atom. The summed E-state index contributed by atoms with van der Waals surface area (Å²) in [6, 6.07) is 18.4. The van der Waals surface area contributed by atoms with Crippen molar-refractivity contribution < 1.29 is 9.59 Å². The summed E-state index contributed by atoms with van der Waals surface area (Å²) < 4.78 is 0. The number of rotatable bonds is 5. The lowest BCUT2D eigenvalue weighted by Gasteiger charge is -2.14. The zero-order valence-corrected chi connectivity index (χ0v) is 18.2. The molecule has 2 amide bonds. The van der Waals surface area contributed by atoms with Crippen LogP contribution in [0.3, 0.4) is 0 Å². The third-order valence-corrected chi connectivity index (χ3v) is 6.30. The minimum atomic E-state index is -0.645. The van der Waals surface area contributed by atoms with Gasteiger partial charge in [0.1, 0.15) is 10.6 Å². The fraction of sp³-hybridized carbons (Fsp3) is 0.0833. The molecule has 0 unspecified atom stereocenters. The second-order valence-electron chi connectivity index (χ2n) is 7.19. The largest absolute Gasteiger partial charge is 0.365 e. The fourth-order valence-corrected chi connectivity index (χ4v) is 4.60. The number of carbonyl (C=O) groups is 2. The van der Waals surface area contributed by atoms with Crippen LogP contribution in [0.25, 0.3) is 22.4 Å². The smallest absolute Gasteiger partial charge is 0.277 e. The highest BCUT2D eigenvalue weighted by Crippen LogP contribution is 2.35. The molecule has 4 rings (SSSR count). The van der Waals surface area contributed by atoms with Gasteiger partial charge in [0.15, 0.2) is 0 Å². The number of H-pyrrole nitrogens is 1. The molecule has 2 aromatic carbocycles. The first-order valence-corrected chi connectivity index (χ1v) is 10.6. The number of aryl methyl sites for hydroxylation is 1. The molecule has 8 heteroatoms. The Bertz CT molecular complexity index is 1380. The summed E-state index contributed by atoms with van der Waals surface area (Å²) in [4.78, 5) is 39.1. The van der Waals surface area contributed by atoms with Crippen LogP contribution in [0.5, 0.6) is 0 Å². The molecule has 0 spiro atoms. The van der Waals surface area contributed by atoms with Crippen LogP contribution in [0, 0.1) is 13.8 Å². The predicted molar refractivity (Wildman–Crippen MR) is 126 cm³/mol. The van der Waals surface area contributed by atoms with Crippen molar-refractivity contribution in [3.8, 4) is 22.4 Å². The molecule has 0 fully saturated rings. The van der Waals surface area contributed by atoms with Crippen molar-refractivity contribution in [3.05, 3.63) is 92.6 Å². The summed E-state index contributed by atoms with van der Waals surface area (Å²) in [5, 5.41) is 9.74. The van der Waals surface area contributed by atoms with E-state index in [9.17, 15) is 14.4 Å². The van der Waals surface area contributed by atoms with Crippen LogP contribution in [0.1, 0.15) is 31.2 Å². The summed E-state index contributed by atoms with van der Waals surface area (Å²) in [5.41, 5.74) is 8.05. The van der Waals surface area contributed by atoms with E-state index < -0.39 is 17.4 Å². The highest BCUT2D eigenvalue weighted by Gasteiger charge is 2.25. The maximum absolute atomic E-state index is 13.4. The molecule has 0 radical (unpaired) electrons. The third kappa shape index (κ3) is 3.83. The third-order valence-electron chi connectivity index (χ3n) is 5.18. The van der Waals surface area contributed by atoms with Crippen molar-refractivity contribution in [2.45, 2.75) is 13.8 Å². The lowest BCUT2D eigenvalue weighted by Crippen LogP contribution is -2.26. The topological polar surface area (TPSA) is 118 Å². The number of nitrogens with one attached hydrogen (secondary N) is 2. The highest BCUT2D eigenvalue weighted by atomic mass is 32.1. The van der Waals surface area contributed by atoms with Crippen LogP contribution in [-0.4, -0.2) is 22.0 Å². The van der Waals surface area contributed by atoms with E-state index in [1.54, 1.807) is 6.92 Å². The fourth-order valence-electron chi connectivity index (χ4n) is 3.54. The quantitative estimate of drug-likeness (QED) is 0.429. The number of thiophene rings is 1. The van der Waals surface area contributed by atoms with Crippen LogP contribution in [-0.2, 0) is 0 Å². The SMILES string of the molecule is Cc1sc(NC(=O)c2c(-c3ccccc3)c(-c3ccccc3)n[nH]c2=O)c(C(N)=O)c1C. The Morgan fingerprint density at radius 1 is 0.938 bits per heavy atom. The molecule has 0 bridgehead atoms. The Labute approximate surface area is 187 Å². The standard InChI is InChI=1S/C24H20N4O3S/c1-13-14(2)32-24(17(13)21(25)29)26-22(30)19-18(15-9-5-3-6-10-15)20(27-28-23(19)31)16-11-7-4-8-12-16/h3-12H,1-2H3,(H2,25,29)(H,26,30)(H,28,31). The van der Waals surface area contributed by atoms with Gasteiger partial charge in [0.2, 0.25) is 0 Å². The summed E-state index contributed by atoms with van der Waals surface area (Å²) in [6.45, 7) is 3.61. The molecule has 0 saturated carbocycles. The predicted octanol–water partition coefficient (Wildman–Crippen LogP) is 4.13. The van der Waals surface area contributed by atoms with Gasteiger partial charge < -0.3 is 11.1 Å². The maximum atomic E-state index is 13.4. The normalized spacial score (nSPS) is 10.7. The average molecular weight is 445 g/mol. The van der Waals surface area contributed by atoms with E-state index in [1.165, 1.54) is 11.3 Å². The lowest BCUT2D eigenvalue weighted by molar-refractivity contribution is 0.100. The van der Waals surface area contributed by atoms with Crippen LogP contribution in [0.4, 0.5) is 5.00 Å². The van der Waals surface area contributed by atoms with Gasteiger partial charge in [0.25, 0.3) is 17.4 Å². The summed E-state index contributed by atoms with van der Waals surface area (Å²) >= 11 is 1.24. The molecule has 2 heterocycles. The first-order chi connectivity index (χ1) is 15.4. The van der Waals surface area contributed by atoms with Crippen molar-refractivity contribution in [2.24, 2.45) is 5.73 Å². The molecule has 0 aliphatic carbocycles. The van der Waals surface area contributed by atoms with E-state index in [0.29, 0.717) is 27.4 Å². The first kappa shape index (κ1) is 21.2. The van der Waals surface area contributed by atoms with E-state index in [-0.39, 0.29) is 11.1 Å². The van der Waals surface area contributed by atoms with Gasteiger partial charge >= 0.3 is 0 Å². The molecule has 0 aliphatic rings. The number of aromatic amines is 1. The van der Waals surface area contributed by atoms with Gasteiger partial charge in [-0.15, -0.1) is 11.3 Å². The number of primary amides is 1. The number of hydrogen-bond donors (Lipinski definition) is 3. The van der Waals surface area contributed by atoms with Crippen molar-refractivity contribution in [1.82, 2.24) is 10.2 Å². The summed E-state index contributed by atoms with van der Waals surface area (Å²) in [7, 11) is 0. The number of carbonyl (C=O) groups excluding carboxylic acids is 2. The van der Waals surface area contributed by atoms with Crippen LogP contribution < -0.4 is 16.6 Å². The van der Waals surface area contributed by atoms with E-state index in [4.69, 9.17) is 5.73 Å². The number of benzene rings is 2. The first-order valence-electron chi connectivity index (χ1n) is 9.83. The second kappa shape index (κ2) is 8.60. The van der Waals surface area contributed by atoms with Gasteiger partial charge in [0.05, 0.1) is 11.3 Å². The number of anilines is 1. The van der Waals surface area contributed by atoms with Gasteiger partial charge in [-0.1, -0.05) is 60.7 Å². The number of amides is 2. The molecular weight excluding hydrogens is 424 g/mol. The minimum Gasteiger partial charge on any atom is -0.365 e. The van der Waals surface area contributed by atoms with E-state index in [2.05, 4.69) is 15.5 Å². The van der Waals surface area contributed by atoms with Crippen molar-refractivity contribution in [3.63, 3.8) is 0 Å². The highest BCUT2D eigenvalue weighted by molar-refractivity contribution is 7.16. The van der Waals surface area contributed by atoms with E-state index in [0.717, 1.165) is 10.4 Å². The summed E-state index contributed by atoms with van der Waals surface area (Å²) in [5.74, 6) is -1.28. The molecule has 160 valence electrons. The molecule has 4 N–H and O–H groups in total. The second-order valence-corrected chi connectivity index (χ2v) is 8.41. The number of aromatic nitrogens is 2. The number of nitrogens with zero attached hydrogens (tertiary/aromatic N) is 1. The zero-order chi connectivity index (χ0) is 22.8. The van der Waals surface area contributed by atoms with Crippen LogP contribution >= 0.6 is 11.3 Å². The lowest BCUT2D eigenvalue weighted by atomic mass is 9.95. The summed E-state index contributed by atoms with van der Waals surface area (Å²) in [6.07, 6.45) is 0. The number of hydrogen-bond acceptors (Lipinski definition) is 5. The zero-order valence-electron chi connectivity index (χ0n) is 17.4. The maximum Gasteiger partial charge on any atom is 0.277 e.